The smallest absolute Gasteiger partial charge is 0.178 e. The monoisotopic (exact) mass is 330 g/mol. The zero-order valence-electron chi connectivity index (χ0n) is 11.4. The Morgan fingerprint density at radius 1 is 1.10 bits per heavy atom. The lowest BCUT2D eigenvalue weighted by Crippen LogP contribution is -2.15. The van der Waals surface area contributed by atoms with Gasteiger partial charge >= 0.3 is 0 Å². The topological polar surface area (TPSA) is 34.1 Å². The summed E-state index contributed by atoms with van der Waals surface area (Å²) in [4.78, 5) is 24.0. The Labute approximate surface area is 127 Å². The van der Waals surface area contributed by atoms with Gasteiger partial charge in [-0.05, 0) is 25.5 Å². The number of carbonyl (C=O) groups excluding carboxylic acids is 2. The second-order valence-electron chi connectivity index (χ2n) is 4.88. The van der Waals surface area contributed by atoms with E-state index in [0.29, 0.717) is 10.0 Å². The number of benzene rings is 2. The van der Waals surface area contributed by atoms with E-state index in [9.17, 15) is 9.59 Å². The second kappa shape index (κ2) is 6.14. The number of rotatable bonds is 4. The van der Waals surface area contributed by atoms with Crippen LogP contribution in [0.15, 0.2) is 46.9 Å². The van der Waals surface area contributed by atoms with E-state index < -0.39 is 5.92 Å². The van der Waals surface area contributed by atoms with Gasteiger partial charge in [-0.25, -0.2) is 0 Å². The van der Waals surface area contributed by atoms with Crippen molar-refractivity contribution in [3.63, 3.8) is 0 Å². The standard InChI is InChI=1S/C17H15BrO2/c1-11-7-12(2)9-13(8-11)15(10-19)17(20)14-5-3-4-6-16(14)18/h3-10,15H,1-2H3. The summed E-state index contributed by atoms with van der Waals surface area (Å²) in [5.41, 5.74) is 3.38. The van der Waals surface area contributed by atoms with Gasteiger partial charge in [-0.15, -0.1) is 0 Å². The van der Waals surface area contributed by atoms with E-state index in [0.717, 1.165) is 23.0 Å². The number of halogens is 1. The second-order valence-corrected chi connectivity index (χ2v) is 5.73. The Hall–Kier alpha value is -1.74. The average molecular weight is 331 g/mol. The molecule has 20 heavy (non-hydrogen) atoms. The summed E-state index contributed by atoms with van der Waals surface area (Å²) in [6.45, 7) is 3.92. The van der Waals surface area contributed by atoms with Gasteiger partial charge in [-0.2, -0.15) is 0 Å². The molecular weight excluding hydrogens is 316 g/mol. The molecule has 0 amide bonds. The van der Waals surface area contributed by atoms with Crippen molar-refractivity contribution in [3.8, 4) is 0 Å². The summed E-state index contributed by atoms with van der Waals surface area (Å²) in [6, 6.07) is 13.0. The number of ketones is 1. The molecule has 1 atom stereocenters. The molecule has 0 aliphatic rings. The zero-order chi connectivity index (χ0) is 14.7. The van der Waals surface area contributed by atoms with Crippen molar-refractivity contribution >= 4 is 28.0 Å². The van der Waals surface area contributed by atoms with Gasteiger partial charge in [0.1, 0.15) is 12.2 Å². The number of carbonyl (C=O) groups is 2. The van der Waals surface area contributed by atoms with E-state index in [1.165, 1.54) is 0 Å². The molecule has 2 rings (SSSR count). The molecule has 102 valence electrons. The van der Waals surface area contributed by atoms with E-state index in [1.807, 2.05) is 38.1 Å². The van der Waals surface area contributed by atoms with E-state index in [1.54, 1.807) is 18.2 Å². The van der Waals surface area contributed by atoms with Crippen LogP contribution in [-0.2, 0) is 4.79 Å². The van der Waals surface area contributed by atoms with Crippen LogP contribution in [0.1, 0.15) is 33.0 Å². The van der Waals surface area contributed by atoms with Crippen LogP contribution in [0.5, 0.6) is 0 Å². The Kier molecular flexibility index (Phi) is 4.50. The molecule has 0 bridgehead atoms. The molecule has 0 N–H and O–H groups in total. The van der Waals surface area contributed by atoms with E-state index in [-0.39, 0.29) is 5.78 Å². The average Bonchev–Trinajstić information content (AvgIpc) is 2.38. The summed E-state index contributed by atoms with van der Waals surface area (Å²) in [5, 5.41) is 0. The maximum absolute atomic E-state index is 12.6. The highest BCUT2D eigenvalue weighted by Crippen LogP contribution is 2.25. The van der Waals surface area contributed by atoms with Crippen molar-refractivity contribution in [2.75, 3.05) is 0 Å². The van der Waals surface area contributed by atoms with Crippen LogP contribution in [0.25, 0.3) is 0 Å². The first kappa shape index (κ1) is 14.7. The molecule has 0 aliphatic carbocycles. The van der Waals surface area contributed by atoms with Gasteiger partial charge in [0, 0.05) is 10.0 Å². The molecule has 0 radical (unpaired) electrons. The fourth-order valence-electron chi connectivity index (χ4n) is 2.31. The van der Waals surface area contributed by atoms with Crippen LogP contribution < -0.4 is 0 Å². The van der Waals surface area contributed by atoms with Crippen LogP contribution in [0.2, 0.25) is 0 Å². The van der Waals surface area contributed by atoms with Crippen molar-refractivity contribution in [3.05, 3.63) is 69.2 Å². The quantitative estimate of drug-likeness (QED) is 0.477. The number of aryl methyl sites for hydroxylation is 2. The van der Waals surface area contributed by atoms with Gasteiger partial charge in [0.25, 0.3) is 0 Å². The highest BCUT2D eigenvalue weighted by Gasteiger charge is 2.23. The molecule has 3 heteroatoms. The van der Waals surface area contributed by atoms with Crippen LogP contribution >= 0.6 is 15.9 Å². The van der Waals surface area contributed by atoms with Gasteiger partial charge in [-0.1, -0.05) is 63.5 Å². The Balaban J connectivity index is 2.45. The summed E-state index contributed by atoms with van der Waals surface area (Å²) in [7, 11) is 0. The Bertz CT molecular complexity index is 642. The maximum atomic E-state index is 12.6. The molecule has 1 unspecified atom stereocenters. The summed E-state index contributed by atoms with van der Waals surface area (Å²) in [6.07, 6.45) is 0.718. The highest BCUT2D eigenvalue weighted by atomic mass is 79.9. The first-order valence-corrected chi connectivity index (χ1v) is 7.14. The number of aldehydes is 1. The van der Waals surface area contributed by atoms with Gasteiger partial charge < -0.3 is 4.79 Å². The molecule has 2 nitrogen and oxygen atoms in total. The minimum atomic E-state index is -0.757. The van der Waals surface area contributed by atoms with Crippen molar-refractivity contribution in [1.82, 2.24) is 0 Å². The fraction of sp³-hybridized carbons (Fsp3) is 0.176. The number of hydrogen-bond donors (Lipinski definition) is 0. The third-order valence-electron chi connectivity index (χ3n) is 3.16. The highest BCUT2D eigenvalue weighted by molar-refractivity contribution is 9.10. The predicted octanol–water partition coefficient (Wildman–Crippen LogP) is 4.23. The summed E-state index contributed by atoms with van der Waals surface area (Å²) in [5.74, 6) is -0.940. The molecule has 0 fully saturated rings. The minimum Gasteiger partial charge on any atom is -0.302 e. The summed E-state index contributed by atoms with van der Waals surface area (Å²) < 4.78 is 0.709. The van der Waals surface area contributed by atoms with Crippen LogP contribution in [0.4, 0.5) is 0 Å². The molecular formula is C17H15BrO2. The van der Waals surface area contributed by atoms with Gasteiger partial charge in [0.15, 0.2) is 5.78 Å². The van der Waals surface area contributed by atoms with Gasteiger partial charge in [0.2, 0.25) is 0 Å². The lowest BCUT2D eigenvalue weighted by Gasteiger charge is -2.12. The van der Waals surface area contributed by atoms with E-state index >= 15 is 0 Å². The number of Topliss-reactive ketones (excluding diaryl/α,β-unsaturated/α-hetero) is 1. The molecule has 0 saturated carbocycles. The van der Waals surface area contributed by atoms with Crippen LogP contribution in [0, 0.1) is 13.8 Å². The minimum absolute atomic E-state index is 0.183. The third-order valence-corrected chi connectivity index (χ3v) is 3.85. The molecule has 0 aromatic heterocycles. The lowest BCUT2D eigenvalue weighted by molar-refractivity contribution is -0.108. The lowest BCUT2D eigenvalue weighted by atomic mass is 9.90. The normalized spacial score (nSPS) is 11.9. The van der Waals surface area contributed by atoms with Gasteiger partial charge in [-0.3, -0.25) is 4.79 Å². The zero-order valence-corrected chi connectivity index (χ0v) is 13.0. The van der Waals surface area contributed by atoms with Crippen LogP contribution in [-0.4, -0.2) is 12.1 Å². The van der Waals surface area contributed by atoms with E-state index in [4.69, 9.17) is 0 Å². The fourth-order valence-corrected chi connectivity index (χ4v) is 2.79. The molecule has 0 spiro atoms. The van der Waals surface area contributed by atoms with Crippen molar-refractivity contribution in [1.29, 1.82) is 0 Å². The molecule has 2 aromatic rings. The molecule has 0 saturated heterocycles. The molecule has 0 heterocycles. The summed E-state index contributed by atoms with van der Waals surface area (Å²) >= 11 is 3.36. The van der Waals surface area contributed by atoms with Crippen molar-refractivity contribution in [2.45, 2.75) is 19.8 Å². The Morgan fingerprint density at radius 2 is 1.70 bits per heavy atom. The van der Waals surface area contributed by atoms with Crippen LogP contribution in [0.3, 0.4) is 0 Å². The molecule has 0 aliphatic heterocycles. The number of hydrogen-bond acceptors (Lipinski definition) is 2. The largest absolute Gasteiger partial charge is 0.302 e. The first-order chi connectivity index (χ1) is 9.52. The van der Waals surface area contributed by atoms with E-state index in [2.05, 4.69) is 15.9 Å². The first-order valence-electron chi connectivity index (χ1n) is 6.35. The van der Waals surface area contributed by atoms with Gasteiger partial charge in [0.05, 0.1) is 0 Å². The van der Waals surface area contributed by atoms with Crippen molar-refractivity contribution in [2.24, 2.45) is 0 Å². The molecule has 2 aromatic carbocycles. The Morgan fingerprint density at radius 3 is 2.25 bits per heavy atom. The maximum Gasteiger partial charge on any atom is 0.178 e. The third kappa shape index (κ3) is 3.05. The predicted molar refractivity (Wildman–Crippen MR) is 83.2 cm³/mol. The SMILES string of the molecule is Cc1cc(C)cc(C(C=O)C(=O)c2ccccc2Br)c1. The van der Waals surface area contributed by atoms with Crippen molar-refractivity contribution < 1.29 is 9.59 Å².